The van der Waals surface area contributed by atoms with E-state index in [-0.39, 0.29) is 5.41 Å². The quantitative estimate of drug-likeness (QED) is 0.823. The summed E-state index contributed by atoms with van der Waals surface area (Å²) in [6.45, 7) is 2.07. The van der Waals surface area contributed by atoms with Crippen molar-refractivity contribution in [2.45, 2.75) is 50.3 Å². The molecule has 4 heteroatoms. The summed E-state index contributed by atoms with van der Waals surface area (Å²) in [7, 11) is -3.55. The molecule has 0 aromatic heterocycles. The van der Waals surface area contributed by atoms with E-state index in [2.05, 4.69) is 35.9 Å². The van der Waals surface area contributed by atoms with Gasteiger partial charge in [0.2, 0.25) is 0 Å². The Kier molecular flexibility index (Phi) is 4.39. The van der Waals surface area contributed by atoms with Crippen molar-refractivity contribution in [3.63, 3.8) is 0 Å². The van der Waals surface area contributed by atoms with Crippen LogP contribution in [-0.4, -0.2) is 8.42 Å². The van der Waals surface area contributed by atoms with Gasteiger partial charge < -0.3 is 0 Å². The Bertz CT molecular complexity index is 922. The maximum atomic E-state index is 12.9. The second-order valence-electron chi connectivity index (χ2n) is 7.80. The second kappa shape index (κ2) is 6.58. The molecule has 0 aliphatic heterocycles. The van der Waals surface area contributed by atoms with Crippen molar-refractivity contribution in [2.75, 3.05) is 0 Å². The van der Waals surface area contributed by atoms with Crippen LogP contribution < -0.4 is 4.72 Å². The highest BCUT2D eigenvalue weighted by Crippen LogP contribution is 2.54. The van der Waals surface area contributed by atoms with Crippen LogP contribution in [0.25, 0.3) is 5.57 Å². The molecule has 0 bridgehead atoms. The van der Waals surface area contributed by atoms with Crippen molar-refractivity contribution in [1.29, 1.82) is 0 Å². The van der Waals surface area contributed by atoms with Gasteiger partial charge >= 0.3 is 0 Å². The molecule has 2 aliphatic rings. The van der Waals surface area contributed by atoms with E-state index in [0.29, 0.717) is 4.90 Å². The number of aryl methyl sites for hydroxylation is 1. The Morgan fingerprint density at radius 3 is 2.19 bits per heavy atom. The number of nitrogens with one attached hydrogen (secondary N) is 1. The second-order valence-corrected chi connectivity index (χ2v) is 9.48. The Morgan fingerprint density at radius 1 is 0.885 bits per heavy atom. The third-order valence-electron chi connectivity index (χ3n) is 5.84. The van der Waals surface area contributed by atoms with Crippen LogP contribution in [0.1, 0.15) is 49.7 Å². The fourth-order valence-corrected chi connectivity index (χ4v) is 5.61. The first-order chi connectivity index (χ1) is 12.5. The molecule has 1 spiro atoms. The number of rotatable bonds is 4. The molecule has 136 valence electrons. The van der Waals surface area contributed by atoms with E-state index in [1.807, 2.05) is 6.07 Å². The molecule has 0 heterocycles. The first-order valence-electron chi connectivity index (χ1n) is 9.34. The summed E-state index contributed by atoms with van der Waals surface area (Å²) in [6.07, 6.45) is 6.70. The summed E-state index contributed by atoms with van der Waals surface area (Å²) >= 11 is 0. The zero-order valence-electron chi connectivity index (χ0n) is 15.2. The molecule has 3 nitrogen and oxygen atoms in total. The van der Waals surface area contributed by atoms with E-state index < -0.39 is 10.0 Å². The fourth-order valence-electron chi connectivity index (χ4n) is 4.45. The molecule has 0 amide bonds. The van der Waals surface area contributed by atoms with Gasteiger partial charge in [0.1, 0.15) is 0 Å². The van der Waals surface area contributed by atoms with Crippen molar-refractivity contribution in [2.24, 2.45) is 5.41 Å². The third-order valence-corrected chi connectivity index (χ3v) is 7.25. The monoisotopic (exact) mass is 367 g/mol. The van der Waals surface area contributed by atoms with Gasteiger partial charge in [0.15, 0.2) is 0 Å². The molecule has 2 aromatic rings. The van der Waals surface area contributed by atoms with Gasteiger partial charge in [0, 0.05) is 5.70 Å². The summed E-state index contributed by atoms with van der Waals surface area (Å²) in [6, 6.07) is 17.1. The molecule has 0 unspecified atom stereocenters. The van der Waals surface area contributed by atoms with E-state index >= 15 is 0 Å². The van der Waals surface area contributed by atoms with Crippen molar-refractivity contribution in [1.82, 2.24) is 4.72 Å². The molecule has 1 saturated carbocycles. The molecule has 4 rings (SSSR count). The lowest BCUT2D eigenvalue weighted by atomic mass is 9.82. The van der Waals surface area contributed by atoms with Crippen LogP contribution in [0.5, 0.6) is 0 Å². The van der Waals surface area contributed by atoms with Gasteiger partial charge in [0.05, 0.1) is 4.90 Å². The zero-order chi connectivity index (χ0) is 18.2. The van der Waals surface area contributed by atoms with Gasteiger partial charge in [-0.2, -0.15) is 0 Å². The van der Waals surface area contributed by atoms with Crippen LogP contribution >= 0.6 is 0 Å². The van der Waals surface area contributed by atoms with Crippen LogP contribution in [0.3, 0.4) is 0 Å². The number of benzene rings is 2. The Hall–Kier alpha value is -2.07. The fraction of sp³-hybridized carbons (Fsp3) is 0.364. The number of allylic oxidation sites excluding steroid dienone is 2. The minimum absolute atomic E-state index is 0.245. The summed E-state index contributed by atoms with van der Waals surface area (Å²) in [5.41, 5.74) is 4.67. The van der Waals surface area contributed by atoms with Gasteiger partial charge in [-0.05, 0) is 61.3 Å². The lowest BCUT2D eigenvalue weighted by Gasteiger charge is -2.23. The van der Waals surface area contributed by atoms with E-state index in [9.17, 15) is 8.42 Å². The standard InChI is InChI=1S/C22H25NO2S/c1-17-9-11-18(12-10-17)20-15-22(13-5-6-14-22)16-21(20)23-26(24,25)19-7-3-2-4-8-19/h2-4,7-12,23H,5-6,13-16H2,1H3. The largest absolute Gasteiger partial charge is 0.283 e. The average Bonchev–Trinajstić information content (AvgIpc) is 3.23. The topological polar surface area (TPSA) is 46.2 Å². The van der Waals surface area contributed by atoms with Crippen LogP contribution in [0.4, 0.5) is 0 Å². The maximum Gasteiger partial charge on any atom is 0.261 e. The van der Waals surface area contributed by atoms with E-state index in [1.165, 1.54) is 36.8 Å². The van der Waals surface area contributed by atoms with Crippen LogP contribution in [0.2, 0.25) is 0 Å². The predicted molar refractivity (Wildman–Crippen MR) is 105 cm³/mol. The van der Waals surface area contributed by atoms with E-state index in [4.69, 9.17) is 0 Å². The van der Waals surface area contributed by atoms with Gasteiger partial charge in [-0.1, -0.05) is 60.9 Å². The zero-order valence-corrected chi connectivity index (χ0v) is 16.0. The summed E-state index contributed by atoms with van der Waals surface area (Å²) < 4.78 is 28.7. The molecule has 2 aromatic carbocycles. The molecular formula is C22H25NO2S. The lowest BCUT2D eigenvalue weighted by molar-refractivity contribution is 0.319. The van der Waals surface area contributed by atoms with Gasteiger partial charge in [-0.25, -0.2) is 8.42 Å². The van der Waals surface area contributed by atoms with Gasteiger partial charge in [-0.15, -0.1) is 0 Å². The molecule has 0 atom stereocenters. The third kappa shape index (κ3) is 3.30. The lowest BCUT2D eigenvalue weighted by Crippen LogP contribution is -2.24. The highest BCUT2D eigenvalue weighted by molar-refractivity contribution is 7.89. The molecule has 1 N–H and O–H groups in total. The highest BCUT2D eigenvalue weighted by Gasteiger charge is 2.42. The van der Waals surface area contributed by atoms with Crippen LogP contribution in [0.15, 0.2) is 65.2 Å². The normalized spacial score (nSPS) is 19.3. The van der Waals surface area contributed by atoms with Crippen LogP contribution in [-0.2, 0) is 10.0 Å². The smallest absolute Gasteiger partial charge is 0.261 e. The Balaban J connectivity index is 1.71. The molecule has 0 saturated heterocycles. The summed E-state index contributed by atoms with van der Waals surface area (Å²) in [5, 5.41) is 0. The van der Waals surface area contributed by atoms with Crippen LogP contribution in [0, 0.1) is 12.3 Å². The first kappa shape index (κ1) is 17.3. The molecule has 2 aliphatic carbocycles. The maximum absolute atomic E-state index is 12.9. The first-order valence-corrected chi connectivity index (χ1v) is 10.8. The van der Waals surface area contributed by atoms with E-state index in [1.54, 1.807) is 24.3 Å². The molecule has 1 fully saturated rings. The van der Waals surface area contributed by atoms with Gasteiger partial charge in [0.25, 0.3) is 10.0 Å². The number of hydrogen-bond acceptors (Lipinski definition) is 2. The number of hydrogen-bond donors (Lipinski definition) is 1. The van der Waals surface area contributed by atoms with Crippen molar-refractivity contribution in [3.8, 4) is 0 Å². The molecule has 26 heavy (non-hydrogen) atoms. The minimum Gasteiger partial charge on any atom is -0.283 e. The van der Waals surface area contributed by atoms with E-state index in [0.717, 1.165) is 24.1 Å². The molecular weight excluding hydrogens is 342 g/mol. The summed E-state index contributed by atoms with van der Waals surface area (Å²) in [4.78, 5) is 0.322. The minimum atomic E-state index is -3.55. The highest BCUT2D eigenvalue weighted by atomic mass is 32.2. The van der Waals surface area contributed by atoms with Crippen molar-refractivity contribution >= 4 is 15.6 Å². The Labute approximate surface area is 156 Å². The average molecular weight is 368 g/mol. The van der Waals surface area contributed by atoms with Gasteiger partial charge in [-0.3, -0.25) is 4.72 Å². The number of sulfonamides is 1. The van der Waals surface area contributed by atoms with Crippen molar-refractivity contribution in [3.05, 3.63) is 71.4 Å². The Morgan fingerprint density at radius 2 is 1.54 bits per heavy atom. The SMILES string of the molecule is Cc1ccc(C2=C(NS(=O)(=O)c3ccccc3)CC3(CCCC3)C2)cc1. The summed E-state index contributed by atoms with van der Waals surface area (Å²) in [5.74, 6) is 0. The molecule has 0 radical (unpaired) electrons. The van der Waals surface area contributed by atoms with Crippen molar-refractivity contribution < 1.29 is 8.42 Å². The predicted octanol–water partition coefficient (Wildman–Crippen LogP) is 5.04.